The van der Waals surface area contributed by atoms with Gasteiger partial charge in [-0.05, 0) is 49.8 Å². The highest BCUT2D eigenvalue weighted by molar-refractivity contribution is 5.76. The van der Waals surface area contributed by atoms with Gasteiger partial charge in [-0.3, -0.25) is 9.48 Å². The van der Waals surface area contributed by atoms with E-state index in [1.807, 2.05) is 21.8 Å². The van der Waals surface area contributed by atoms with Crippen molar-refractivity contribution in [2.45, 2.75) is 57.9 Å². The molecule has 1 saturated carbocycles. The number of aromatic nitrogens is 2. The first-order chi connectivity index (χ1) is 12.1. The maximum absolute atomic E-state index is 12.6. The fraction of sp³-hybridized carbons (Fsp3) is 0.600. The lowest BCUT2D eigenvalue weighted by Gasteiger charge is -2.33. The molecule has 2 aliphatic rings. The molecule has 2 aromatic rings. The Bertz CT molecular complexity index is 748. The lowest BCUT2D eigenvalue weighted by atomic mass is 10.1. The van der Waals surface area contributed by atoms with E-state index in [4.69, 9.17) is 4.42 Å². The van der Waals surface area contributed by atoms with E-state index >= 15 is 0 Å². The van der Waals surface area contributed by atoms with Crippen LogP contribution in [0.4, 0.5) is 0 Å². The molecule has 3 heterocycles. The molecule has 0 N–H and O–H groups in total. The quantitative estimate of drug-likeness (QED) is 0.833. The summed E-state index contributed by atoms with van der Waals surface area (Å²) in [6, 6.07) is 4.43. The Morgan fingerprint density at radius 1 is 1.40 bits per heavy atom. The Morgan fingerprint density at radius 3 is 2.96 bits per heavy atom. The Kier molecular flexibility index (Phi) is 4.40. The van der Waals surface area contributed by atoms with Crippen molar-refractivity contribution in [3.8, 4) is 0 Å². The molecule has 2 fully saturated rings. The van der Waals surface area contributed by atoms with Gasteiger partial charge in [0.15, 0.2) is 0 Å². The largest absolute Gasteiger partial charge is 0.466 e. The van der Waals surface area contributed by atoms with Gasteiger partial charge in [0.1, 0.15) is 11.5 Å². The van der Waals surface area contributed by atoms with E-state index in [1.165, 1.54) is 12.0 Å². The molecular formula is C20H27N3O2. The standard InChI is InChI=1S/C20H27N3O2/c1-14-11-21-23(12-14)16-4-3-9-22(13-16)20(24)8-6-17-5-7-19(25-17)18-10-15(18)2/h5,7,11-12,15-16,18H,3-4,6,8-10,13H2,1-2H3/t15-,16-,18-/m1/s1. The molecule has 0 unspecified atom stereocenters. The fourth-order valence-corrected chi connectivity index (χ4v) is 3.86. The molecule has 0 bridgehead atoms. The summed E-state index contributed by atoms with van der Waals surface area (Å²) in [5.41, 5.74) is 1.17. The fourth-order valence-electron chi connectivity index (χ4n) is 3.86. The number of aryl methyl sites for hydroxylation is 2. The van der Waals surface area contributed by atoms with Crippen molar-refractivity contribution < 1.29 is 9.21 Å². The zero-order chi connectivity index (χ0) is 17.4. The number of carbonyl (C=O) groups is 1. The SMILES string of the molecule is Cc1cnn([C@@H]2CCCN(C(=O)CCc3ccc([C@@H]4C[C@H]4C)o3)C2)c1. The molecule has 25 heavy (non-hydrogen) atoms. The Labute approximate surface area is 149 Å². The molecule has 1 saturated heterocycles. The van der Waals surface area contributed by atoms with E-state index in [0.717, 1.165) is 43.4 Å². The average Bonchev–Trinajstić information content (AvgIpc) is 3.02. The van der Waals surface area contributed by atoms with Crippen LogP contribution in [0.1, 0.15) is 61.7 Å². The van der Waals surface area contributed by atoms with Gasteiger partial charge in [-0.1, -0.05) is 6.92 Å². The highest BCUT2D eigenvalue weighted by Gasteiger charge is 2.36. The highest BCUT2D eigenvalue weighted by atomic mass is 16.3. The van der Waals surface area contributed by atoms with Gasteiger partial charge in [-0.25, -0.2) is 0 Å². The number of rotatable bonds is 5. The topological polar surface area (TPSA) is 51.3 Å². The number of hydrogen-bond acceptors (Lipinski definition) is 3. The number of amides is 1. The summed E-state index contributed by atoms with van der Waals surface area (Å²) in [5.74, 6) is 3.62. The van der Waals surface area contributed by atoms with Crippen LogP contribution < -0.4 is 0 Å². The van der Waals surface area contributed by atoms with Crippen LogP contribution in [0.5, 0.6) is 0 Å². The molecule has 0 aromatic carbocycles. The van der Waals surface area contributed by atoms with Gasteiger partial charge in [-0.15, -0.1) is 0 Å². The van der Waals surface area contributed by atoms with E-state index in [1.54, 1.807) is 0 Å². The highest BCUT2D eigenvalue weighted by Crippen LogP contribution is 2.47. The van der Waals surface area contributed by atoms with Crippen molar-refractivity contribution >= 4 is 5.91 Å². The first-order valence-corrected chi connectivity index (χ1v) is 9.47. The van der Waals surface area contributed by atoms with Crippen LogP contribution in [0.15, 0.2) is 28.9 Å². The molecule has 4 rings (SSSR count). The summed E-state index contributed by atoms with van der Waals surface area (Å²) in [6.07, 6.45) is 8.54. The summed E-state index contributed by atoms with van der Waals surface area (Å²) in [4.78, 5) is 14.6. The average molecular weight is 341 g/mol. The van der Waals surface area contributed by atoms with Crippen molar-refractivity contribution in [2.75, 3.05) is 13.1 Å². The summed E-state index contributed by atoms with van der Waals surface area (Å²) < 4.78 is 7.94. The van der Waals surface area contributed by atoms with Gasteiger partial charge >= 0.3 is 0 Å². The van der Waals surface area contributed by atoms with Crippen molar-refractivity contribution in [2.24, 2.45) is 5.92 Å². The minimum absolute atomic E-state index is 0.228. The van der Waals surface area contributed by atoms with Gasteiger partial charge in [-0.2, -0.15) is 5.10 Å². The zero-order valence-electron chi connectivity index (χ0n) is 15.1. The smallest absolute Gasteiger partial charge is 0.223 e. The third-order valence-corrected chi connectivity index (χ3v) is 5.60. The number of carbonyl (C=O) groups excluding carboxylic acids is 1. The van der Waals surface area contributed by atoms with Crippen LogP contribution in [0.25, 0.3) is 0 Å². The molecule has 1 amide bonds. The van der Waals surface area contributed by atoms with Crippen LogP contribution in [0, 0.1) is 12.8 Å². The Balaban J connectivity index is 1.30. The van der Waals surface area contributed by atoms with E-state index < -0.39 is 0 Å². The second-order valence-electron chi connectivity index (χ2n) is 7.76. The van der Waals surface area contributed by atoms with Crippen molar-refractivity contribution in [3.63, 3.8) is 0 Å². The molecule has 5 nitrogen and oxygen atoms in total. The van der Waals surface area contributed by atoms with Gasteiger partial charge in [0, 0.05) is 38.0 Å². The van der Waals surface area contributed by atoms with E-state index in [2.05, 4.69) is 31.2 Å². The summed E-state index contributed by atoms with van der Waals surface area (Å²) in [7, 11) is 0. The number of hydrogen-bond donors (Lipinski definition) is 0. The second kappa shape index (κ2) is 6.70. The maximum Gasteiger partial charge on any atom is 0.223 e. The van der Waals surface area contributed by atoms with Gasteiger partial charge in [0.05, 0.1) is 12.2 Å². The van der Waals surface area contributed by atoms with Crippen LogP contribution in [-0.4, -0.2) is 33.7 Å². The lowest BCUT2D eigenvalue weighted by molar-refractivity contribution is -0.132. The summed E-state index contributed by atoms with van der Waals surface area (Å²) >= 11 is 0. The molecular weight excluding hydrogens is 314 g/mol. The van der Waals surface area contributed by atoms with Gasteiger partial charge < -0.3 is 9.32 Å². The molecule has 1 aliphatic carbocycles. The zero-order valence-corrected chi connectivity index (χ0v) is 15.1. The Morgan fingerprint density at radius 2 is 2.24 bits per heavy atom. The van der Waals surface area contributed by atoms with Gasteiger partial charge in [0.2, 0.25) is 5.91 Å². The third kappa shape index (κ3) is 3.65. The molecule has 2 aromatic heterocycles. The molecule has 1 aliphatic heterocycles. The van der Waals surface area contributed by atoms with Crippen LogP contribution in [0.2, 0.25) is 0 Å². The Hall–Kier alpha value is -2.04. The number of nitrogens with zero attached hydrogens (tertiary/aromatic N) is 3. The summed E-state index contributed by atoms with van der Waals surface area (Å²) in [6.45, 7) is 5.93. The number of furan rings is 1. The third-order valence-electron chi connectivity index (χ3n) is 5.60. The van der Waals surface area contributed by atoms with Crippen LogP contribution in [-0.2, 0) is 11.2 Å². The predicted octanol–water partition coefficient (Wildman–Crippen LogP) is 3.70. The molecule has 3 atom stereocenters. The number of likely N-dealkylation sites (tertiary alicyclic amines) is 1. The van der Waals surface area contributed by atoms with Crippen LogP contribution >= 0.6 is 0 Å². The van der Waals surface area contributed by atoms with E-state index in [9.17, 15) is 4.79 Å². The molecule has 134 valence electrons. The van der Waals surface area contributed by atoms with Crippen molar-refractivity contribution in [1.82, 2.24) is 14.7 Å². The second-order valence-corrected chi connectivity index (χ2v) is 7.76. The summed E-state index contributed by atoms with van der Waals surface area (Å²) in [5, 5.41) is 4.42. The van der Waals surface area contributed by atoms with Gasteiger partial charge in [0.25, 0.3) is 0 Å². The van der Waals surface area contributed by atoms with Crippen molar-refractivity contribution in [3.05, 3.63) is 41.6 Å². The maximum atomic E-state index is 12.6. The lowest BCUT2D eigenvalue weighted by Crippen LogP contribution is -2.40. The van der Waals surface area contributed by atoms with E-state index in [0.29, 0.717) is 24.8 Å². The molecule has 0 spiro atoms. The first-order valence-electron chi connectivity index (χ1n) is 9.47. The van der Waals surface area contributed by atoms with Crippen LogP contribution in [0.3, 0.4) is 0 Å². The minimum atomic E-state index is 0.228. The number of piperidine rings is 1. The molecule has 5 heteroatoms. The molecule has 0 radical (unpaired) electrons. The normalized spacial score (nSPS) is 26.0. The first kappa shape index (κ1) is 16.4. The van der Waals surface area contributed by atoms with E-state index in [-0.39, 0.29) is 5.91 Å². The van der Waals surface area contributed by atoms with Crippen molar-refractivity contribution in [1.29, 1.82) is 0 Å². The minimum Gasteiger partial charge on any atom is -0.466 e. The monoisotopic (exact) mass is 341 g/mol. The predicted molar refractivity (Wildman–Crippen MR) is 95.4 cm³/mol.